The van der Waals surface area contributed by atoms with E-state index in [1.165, 1.54) is 5.56 Å². The third-order valence-electron chi connectivity index (χ3n) is 2.86. The summed E-state index contributed by atoms with van der Waals surface area (Å²) in [5, 5.41) is 8.83. The molecular formula is C16H13NOS. The maximum Gasteiger partial charge on any atom is 0.150 e. The number of thioether (sulfide) groups is 1. The Morgan fingerprint density at radius 3 is 2.79 bits per heavy atom. The topological polar surface area (TPSA) is 40.9 Å². The van der Waals surface area contributed by atoms with Crippen LogP contribution in [-0.4, -0.2) is 6.29 Å². The minimum atomic E-state index is 0.689. The molecule has 0 heterocycles. The van der Waals surface area contributed by atoms with E-state index in [1.54, 1.807) is 17.8 Å². The summed E-state index contributed by atoms with van der Waals surface area (Å²) in [6, 6.07) is 15.4. The van der Waals surface area contributed by atoms with E-state index >= 15 is 0 Å². The highest BCUT2D eigenvalue weighted by Crippen LogP contribution is 2.25. The molecule has 0 aliphatic rings. The highest BCUT2D eigenvalue weighted by atomic mass is 32.2. The smallest absolute Gasteiger partial charge is 0.150 e. The van der Waals surface area contributed by atoms with Crippen molar-refractivity contribution in [1.29, 1.82) is 5.26 Å². The molecule has 0 spiro atoms. The van der Waals surface area contributed by atoms with Gasteiger partial charge in [-0.15, -0.1) is 11.8 Å². The molecule has 0 fully saturated rings. The number of rotatable bonds is 4. The second kappa shape index (κ2) is 6.21. The van der Waals surface area contributed by atoms with Gasteiger partial charge in [-0.05, 0) is 42.3 Å². The molecule has 3 heteroatoms. The van der Waals surface area contributed by atoms with Crippen LogP contribution in [0, 0.1) is 18.3 Å². The number of nitrogens with zero attached hydrogens (tertiary/aromatic N) is 1. The van der Waals surface area contributed by atoms with E-state index in [9.17, 15) is 4.79 Å². The quantitative estimate of drug-likeness (QED) is 0.621. The lowest BCUT2D eigenvalue weighted by Crippen LogP contribution is -1.88. The first-order chi connectivity index (χ1) is 9.22. The van der Waals surface area contributed by atoms with E-state index in [2.05, 4.69) is 6.07 Å². The first-order valence-corrected chi connectivity index (χ1v) is 6.89. The average Bonchev–Trinajstić information content (AvgIpc) is 2.46. The molecule has 0 aliphatic carbocycles. The van der Waals surface area contributed by atoms with Gasteiger partial charge in [0.1, 0.15) is 6.29 Å². The van der Waals surface area contributed by atoms with Crippen LogP contribution in [0.15, 0.2) is 47.4 Å². The van der Waals surface area contributed by atoms with Crippen molar-refractivity contribution in [1.82, 2.24) is 0 Å². The highest BCUT2D eigenvalue weighted by molar-refractivity contribution is 7.98. The Hall–Kier alpha value is -2.05. The van der Waals surface area contributed by atoms with Crippen LogP contribution in [0.1, 0.15) is 27.0 Å². The van der Waals surface area contributed by atoms with E-state index < -0.39 is 0 Å². The Bertz CT molecular complexity index is 643. The van der Waals surface area contributed by atoms with Gasteiger partial charge >= 0.3 is 0 Å². The minimum Gasteiger partial charge on any atom is -0.298 e. The van der Waals surface area contributed by atoms with E-state index in [1.807, 2.05) is 43.3 Å². The third-order valence-corrected chi connectivity index (χ3v) is 3.90. The van der Waals surface area contributed by atoms with Gasteiger partial charge in [0.2, 0.25) is 0 Å². The highest BCUT2D eigenvalue weighted by Gasteiger charge is 2.02. The summed E-state index contributed by atoms with van der Waals surface area (Å²) in [6.07, 6.45) is 0.858. The Kier molecular flexibility index (Phi) is 4.38. The Labute approximate surface area is 117 Å². The molecule has 0 unspecified atom stereocenters. The van der Waals surface area contributed by atoms with Gasteiger partial charge < -0.3 is 0 Å². The number of aldehydes is 1. The van der Waals surface area contributed by atoms with Crippen LogP contribution in [0.4, 0.5) is 0 Å². The van der Waals surface area contributed by atoms with Crippen LogP contribution in [0.5, 0.6) is 0 Å². The van der Waals surface area contributed by atoms with Crippen molar-refractivity contribution in [3.8, 4) is 6.07 Å². The lowest BCUT2D eigenvalue weighted by molar-refractivity contribution is 0.112. The van der Waals surface area contributed by atoms with E-state index in [4.69, 9.17) is 5.26 Å². The molecule has 0 N–H and O–H groups in total. The molecule has 2 rings (SSSR count). The molecule has 0 radical (unpaired) electrons. The molecule has 0 atom stereocenters. The second-order valence-corrected chi connectivity index (χ2v) is 5.28. The Balaban J connectivity index is 2.10. The second-order valence-electron chi connectivity index (χ2n) is 4.23. The maximum atomic E-state index is 10.7. The van der Waals surface area contributed by atoms with Crippen molar-refractivity contribution in [3.63, 3.8) is 0 Å². The van der Waals surface area contributed by atoms with Gasteiger partial charge in [-0.25, -0.2) is 0 Å². The number of hydrogen-bond acceptors (Lipinski definition) is 3. The van der Waals surface area contributed by atoms with E-state index in [0.29, 0.717) is 11.1 Å². The van der Waals surface area contributed by atoms with Gasteiger partial charge in [-0.3, -0.25) is 4.79 Å². The summed E-state index contributed by atoms with van der Waals surface area (Å²) in [7, 11) is 0. The van der Waals surface area contributed by atoms with Crippen molar-refractivity contribution in [2.24, 2.45) is 0 Å². The molecule has 19 heavy (non-hydrogen) atoms. The van der Waals surface area contributed by atoms with Crippen LogP contribution >= 0.6 is 11.8 Å². The first-order valence-electron chi connectivity index (χ1n) is 5.90. The van der Waals surface area contributed by atoms with Crippen molar-refractivity contribution in [2.45, 2.75) is 17.6 Å². The Morgan fingerprint density at radius 2 is 2.11 bits per heavy atom. The van der Waals surface area contributed by atoms with Crippen LogP contribution in [0.2, 0.25) is 0 Å². The lowest BCUT2D eigenvalue weighted by atomic mass is 10.1. The fraction of sp³-hybridized carbons (Fsp3) is 0.125. The van der Waals surface area contributed by atoms with Gasteiger partial charge in [0.15, 0.2) is 0 Å². The average molecular weight is 267 g/mol. The standard InChI is InChI=1S/C16H13NOS/c1-12-7-13(9-17)5-6-15(12)11-19-16-4-2-3-14(8-16)10-18/h2-8,10H,11H2,1H3. The van der Waals surface area contributed by atoms with Gasteiger partial charge in [0, 0.05) is 16.2 Å². The van der Waals surface area contributed by atoms with Gasteiger partial charge in [0.25, 0.3) is 0 Å². The summed E-state index contributed by atoms with van der Waals surface area (Å²) in [6.45, 7) is 2.01. The number of hydrogen-bond donors (Lipinski definition) is 0. The van der Waals surface area contributed by atoms with Crippen molar-refractivity contribution in [3.05, 3.63) is 64.7 Å². The van der Waals surface area contributed by atoms with Crippen molar-refractivity contribution < 1.29 is 4.79 Å². The van der Waals surface area contributed by atoms with Gasteiger partial charge in [0.05, 0.1) is 11.6 Å². The zero-order chi connectivity index (χ0) is 13.7. The summed E-state index contributed by atoms with van der Waals surface area (Å²) in [5.74, 6) is 0.833. The minimum absolute atomic E-state index is 0.689. The van der Waals surface area contributed by atoms with E-state index in [-0.39, 0.29) is 0 Å². The zero-order valence-electron chi connectivity index (χ0n) is 10.6. The Morgan fingerprint density at radius 1 is 1.26 bits per heavy atom. The number of aryl methyl sites for hydroxylation is 1. The van der Waals surface area contributed by atoms with Gasteiger partial charge in [-0.2, -0.15) is 5.26 Å². The summed E-state index contributed by atoms with van der Waals surface area (Å²) in [5.41, 5.74) is 3.72. The van der Waals surface area contributed by atoms with Crippen LogP contribution in [0.25, 0.3) is 0 Å². The molecule has 2 aromatic carbocycles. The maximum absolute atomic E-state index is 10.7. The fourth-order valence-corrected chi connectivity index (χ4v) is 2.81. The molecule has 2 nitrogen and oxygen atoms in total. The number of carbonyl (C=O) groups is 1. The van der Waals surface area contributed by atoms with Gasteiger partial charge in [-0.1, -0.05) is 18.2 Å². The predicted molar refractivity (Wildman–Crippen MR) is 77.3 cm³/mol. The lowest BCUT2D eigenvalue weighted by Gasteiger charge is -2.06. The molecule has 0 bridgehead atoms. The molecular weight excluding hydrogens is 254 g/mol. The SMILES string of the molecule is Cc1cc(C#N)ccc1CSc1cccc(C=O)c1. The predicted octanol–water partition coefficient (Wildman–Crippen LogP) is 3.97. The monoisotopic (exact) mass is 267 g/mol. The van der Waals surface area contributed by atoms with Crippen LogP contribution in [0.3, 0.4) is 0 Å². The number of carbonyl (C=O) groups excluding carboxylic acids is 1. The molecule has 0 amide bonds. The molecule has 0 saturated carbocycles. The fourth-order valence-electron chi connectivity index (χ4n) is 1.77. The number of benzene rings is 2. The molecule has 0 saturated heterocycles. The van der Waals surface area contributed by atoms with Crippen LogP contribution in [-0.2, 0) is 5.75 Å². The van der Waals surface area contributed by atoms with E-state index in [0.717, 1.165) is 22.5 Å². The first kappa shape index (κ1) is 13.4. The third kappa shape index (κ3) is 3.46. The molecule has 94 valence electrons. The normalized spacial score (nSPS) is 9.89. The number of nitriles is 1. The molecule has 0 aromatic heterocycles. The summed E-state index contributed by atoms with van der Waals surface area (Å²) >= 11 is 1.69. The van der Waals surface area contributed by atoms with Crippen LogP contribution < -0.4 is 0 Å². The zero-order valence-corrected chi connectivity index (χ0v) is 11.4. The summed E-state index contributed by atoms with van der Waals surface area (Å²) < 4.78 is 0. The van der Waals surface area contributed by atoms with Crippen molar-refractivity contribution >= 4 is 18.0 Å². The largest absolute Gasteiger partial charge is 0.298 e. The molecule has 0 aliphatic heterocycles. The van der Waals surface area contributed by atoms with Crippen molar-refractivity contribution in [2.75, 3.05) is 0 Å². The summed E-state index contributed by atoms with van der Waals surface area (Å²) in [4.78, 5) is 11.8. The molecule has 2 aromatic rings.